The fraction of sp³-hybridized carbons (Fsp3) is 0.836. The number of quaternary nitrogens is 1. The third-order valence-electron chi connectivity index (χ3n) is 15.8. The van der Waals surface area contributed by atoms with Gasteiger partial charge in [0, 0.05) is 12.8 Å². The normalized spacial score (nSPS) is 13.5. The van der Waals surface area contributed by atoms with E-state index < -0.39 is 26.5 Å². The zero-order valence-electron chi connectivity index (χ0n) is 55.4. The summed E-state index contributed by atoms with van der Waals surface area (Å²) < 4.78 is 34.3. The van der Waals surface area contributed by atoms with Crippen molar-refractivity contribution >= 4 is 19.8 Å². The predicted octanol–water partition coefficient (Wildman–Crippen LogP) is 22.4. The number of hydrogen-bond donors (Lipinski definition) is 0. The highest BCUT2D eigenvalue weighted by atomic mass is 31.2. The van der Waals surface area contributed by atoms with Crippen LogP contribution in [0.15, 0.2) is 60.8 Å². The van der Waals surface area contributed by atoms with E-state index in [1.54, 1.807) is 0 Å². The summed E-state index contributed by atoms with van der Waals surface area (Å²) in [5.41, 5.74) is 0. The van der Waals surface area contributed by atoms with Crippen LogP contribution in [0.5, 0.6) is 0 Å². The summed E-state index contributed by atoms with van der Waals surface area (Å²) in [5, 5.41) is 0. The van der Waals surface area contributed by atoms with Crippen LogP contribution in [-0.4, -0.2) is 70.0 Å². The first kappa shape index (κ1) is 80.7. The number of carbonyl (C=O) groups excluding carboxylic acids is 2. The number of unbranched alkanes of at least 4 members (excludes halogenated alkanes) is 42. The lowest BCUT2D eigenvalue weighted by atomic mass is 10.0. The molecule has 0 N–H and O–H groups in total. The molecular formula is C73H136NO8P. The Bertz CT molecular complexity index is 1580. The summed E-state index contributed by atoms with van der Waals surface area (Å²) in [6.45, 7) is 4.18. The number of rotatable bonds is 66. The van der Waals surface area contributed by atoms with Crippen molar-refractivity contribution in [2.75, 3.05) is 47.5 Å². The van der Waals surface area contributed by atoms with Gasteiger partial charge in [0.25, 0.3) is 7.82 Å². The molecule has 83 heavy (non-hydrogen) atoms. The van der Waals surface area contributed by atoms with Crippen LogP contribution < -0.4 is 4.89 Å². The van der Waals surface area contributed by atoms with Crippen LogP contribution >= 0.6 is 7.82 Å². The van der Waals surface area contributed by atoms with E-state index in [0.717, 1.165) is 64.2 Å². The number of likely N-dealkylation sites (N-methyl/N-ethyl adjacent to an activating group) is 1. The van der Waals surface area contributed by atoms with Gasteiger partial charge in [0.1, 0.15) is 19.8 Å². The minimum absolute atomic E-state index is 0.0277. The molecule has 0 aliphatic heterocycles. The van der Waals surface area contributed by atoms with Crippen molar-refractivity contribution in [1.82, 2.24) is 0 Å². The van der Waals surface area contributed by atoms with Crippen molar-refractivity contribution in [2.45, 2.75) is 347 Å². The Hall–Kier alpha value is -2.29. The molecule has 2 unspecified atom stereocenters. The highest BCUT2D eigenvalue weighted by molar-refractivity contribution is 7.45. The molecule has 0 rings (SSSR count). The van der Waals surface area contributed by atoms with Gasteiger partial charge >= 0.3 is 11.9 Å². The molecule has 0 spiro atoms. The second-order valence-corrected chi connectivity index (χ2v) is 26.6. The van der Waals surface area contributed by atoms with Gasteiger partial charge in [0.15, 0.2) is 6.10 Å². The zero-order chi connectivity index (χ0) is 60.5. The van der Waals surface area contributed by atoms with E-state index in [-0.39, 0.29) is 32.0 Å². The van der Waals surface area contributed by atoms with Gasteiger partial charge in [-0.1, -0.05) is 331 Å². The van der Waals surface area contributed by atoms with Gasteiger partial charge in [-0.2, -0.15) is 0 Å². The molecule has 0 aromatic rings. The lowest BCUT2D eigenvalue weighted by Gasteiger charge is -2.28. The minimum Gasteiger partial charge on any atom is -0.756 e. The second kappa shape index (κ2) is 64.2. The molecule has 10 heteroatoms. The molecule has 0 bridgehead atoms. The Morgan fingerprint density at radius 2 is 0.687 bits per heavy atom. The Morgan fingerprint density at radius 1 is 0.386 bits per heavy atom. The molecule has 2 atom stereocenters. The van der Waals surface area contributed by atoms with Crippen molar-refractivity contribution in [3.63, 3.8) is 0 Å². The van der Waals surface area contributed by atoms with Gasteiger partial charge in [0.2, 0.25) is 0 Å². The van der Waals surface area contributed by atoms with Crippen LogP contribution in [0, 0.1) is 0 Å². The average molecular weight is 1190 g/mol. The molecule has 9 nitrogen and oxygen atoms in total. The van der Waals surface area contributed by atoms with Crippen LogP contribution in [0.4, 0.5) is 0 Å². The molecule has 0 aromatic carbocycles. The number of esters is 2. The van der Waals surface area contributed by atoms with Gasteiger partial charge < -0.3 is 27.9 Å². The van der Waals surface area contributed by atoms with Crippen molar-refractivity contribution < 1.29 is 42.1 Å². The maximum absolute atomic E-state index is 12.9. The van der Waals surface area contributed by atoms with E-state index in [4.69, 9.17) is 18.5 Å². The quantitative estimate of drug-likeness (QED) is 0.0195. The van der Waals surface area contributed by atoms with Crippen molar-refractivity contribution in [3.8, 4) is 0 Å². The maximum Gasteiger partial charge on any atom is 0.306 e. The van der Waals surface area contributed by atoms with E-state index in [1.807, 2.05) is 21.1 Å². The van der Waals surface area contributed by atoms with Gasteiger partial charge in [-0.3, -0.25) is 14.2 Å². The molecule has 0 saturated heterocycles. The van der Waals surface area contributed by atoms with E-state index >= 15 is 0 Å². The smallest absolute Gasteiger partial charge is 0.306 e. The summed E-state index contributed by atoms with van der Waals surface area (Å²) in [7, 11) is 1.19. The van der Waals surface area contributed by atoms with Crippen LogP contribution in [-0.2, 0) is 32.7 Å². The summed E-state index contributed by atoms with van der Waals surface area (Å²) in [6, 6.07) is 0. The second-order valence-electron chi connectivity index (χ2n) is 25.2. The van der Waals surface area contributed by atoms with E-state index in [2.05, 4.69) is 74.6 Å². The van der Waals surface area contributed by atoms with Gasteiger partial charge in [0.05, 0.1) is 27.7 Å². The van der Waals surface area contributed by atoms with Gasteiger partial charge in [-0.25, -0.2) is 0 Å². The number of phosphoric acid groups is 1. The SMILES string of the molecule is CC/C=C\C/C=C\C/C=C\C/C=C\C/C=C\CCCCCCCCCCCCCCCCCCCCCCCCCCCC(=O)OC(COC(=O)CCCCCCCCCCCCCCCCCCCC)COP(=O)([O-])OCC[N+](C)(C)C. The number of ether oxygens (including phenoxy) is 2. The Kier molecular flexibility index (Phi) is 62.4. The van der Waals surface area contributed by atoms with Crippen molar-refractivity contribution in [2.24, 2.45) is 0 Å². The fourth-order valence-electron chi connectivity index (χ4n) is 10.4. The van der Waals surface area contributed by atoms with E-state index in [9.17, 15) is 19.0 Å². The van der Waals surface area contributed by atoms with Crippen LogP contribution in [0.2, 0.25) is 0 Å². The third kappa shape index (κ3) is 68.7. The monoisotopic (exact) mass is 1190 g/mol. The number of carbonyl (C=O) groups is 2. The summed E-state index contributed by atoms with van der Waals surface area (Å²) >= 11 is 0. The van der Waals surface area contributed by atoms with Crippen LogP contribution in [0.25, 0.3) is 0 Å². The Labute approximate surface area is 515 Å². The van der Waals surface area contributed by atoms with E-state index in [0.29, 0.717) is 17.4 Å². The summed E-state index contributed by atoms with van der Waals surface area (Å²) in [5.74, 6) is -0.812. The molecule has 0 radical (unpaired) electrons. The Balaban J connectivity index is 3.89. The lowest BCUT2D eigenvalue weighted by Crippen LogP contribution is -2.37. The molecular weight excluding hydrogens is 1050 g/mol. The fourth-order valence-corrected chi connectivity index (χ4v) is 11.1. The molecule has 0 aliphatic carbocycles. The van der Waals surface area contributed by atoms with E-state index in [1.165, 1.54) is 244 Å². The molecule has 0 heterocycles. The summed E-state index contributed by atoms with van der Waals surface area (Å²) in [6.07, 6.45) is 84.6. The van der Waals surface area contributed by atoms with Crippen molar-refractivity contribution in [1.29, 1.82) is 0 Å². The van der Waals surface area contributed by atoms with Gasteiger partial charge in [-0.15, -0.1) is 0 Å². The largest absolute Gasteiger partial charge is 0.756 e. The first-order valence-electron chi connectivity index (χ1n) is 35.5. The Morgan fingerprint density at radius 3 is 1.02 bits per heavy atom. The molecule has 0 aromatic heterocycles. The predicted molar refractivity (Wildman–Crippen MR) is 356 cm³/mol. The number of phosphoric ester groups is 1. The van der Waals surface area contributed by atoms with Gasteiger partial charge in [-0.05, 0) is 57.8 Å². The third-order valence-corrected chi connectivity index (χ3v) is 16.8. The number of hydrogen-bond acceptors (Lipinski definition) is 8. The van der Waals surface area contributed by atoms with Crippen LogP contribution in [0.3, 0.4) is 0 Å². The highest BCUT2D eigenvalue weighted by Gasteiger charge is 2.22. The molecule has 0 aliphatic rings. The summed E-state index contributed by atoms with van der Waals surface area (Å²) in [4.78, 5) is 38.0. The molecule has 0 saturated carbocycles. The maximum atomic E-state index is 12.9. The average Bonchev–Trinajstić information content (AvgIpc) is 3.48. The minimum atomic E-state index is -4.64. The number of allylic oxidation sites excluding steroid dienone is 10. The standard InChI is InChI=1S/C73H136NO8P/c1-6-8-10-12-14-16-18-20-22-24-26-27-28-29-30-31-32-33-34-35-36-37-38-39-40-41-42-43-44-45-46-47-48-50-52-54-56-58-60-62-64-66-73(76)82-71(70-81-83(77,78)80-68-67-74(3,4)5)69-79-72(75)65-63-61-59-57-55-53-51-49-25-23-21-19-17-15-13-11-9-7-2/h8,10,14,16,20,22,26-27,29-30,71H,6-7,9,11-13,15,17-19,21,23-25,28,31-70H2,1-5H3/b10-8-,16-14-,22-20-,27-26-,30-29-. The lowest BCUT2D eigenvalue weighted by molar-refractivity contribution is -0.870. The zero-order valence-corrected chi connectivity index (χ0v) is 56.3. The van der Waals surface area contributed by atoms with Crippen molar-refractivity contribution in [3.05, 3.63) is 60.8 Å². The molecule has 0 amide bonds. The highest BCUT2D eigenvalue weighted by Crippen LogP contribution is 2.38. The number of nitrogens with zero attached hydrogens (tertiary/aromatic N) is 1. The molecule has 486 valence electrons. The topological polar surface area (TPSA) is 111 Å². The first-order chi connectivity index (χ1) is 40.5. The van der Waals surface area contributed by atoms with Crippen LogP contribution in [0.1, 0.15) is 341 Å². The molecule has 0 fully saturated rings. The first-order valence-corrected chi connectivity index (χ1v) is 37.0.